The highest BCUT2D eigenvalue weighted by Crippen LogP contribution is 2.35. The Hall–Kier alpha value is -4.04. The quantitative estimate of drug-likeness (QED) is 0.407. The highest BCUT2D eigenvalue weighted by Gasteiger charge is 2.34. The van der Waals surface area contributed by atoms with E-state index in [9.17, 15) is 9.59 Å². The molecule has 5 rings (SSSR count). The van der Waals surface area contributed by atoms with Gasteiger partial charge in [0, 0.05) is 24.6 Å². The fraction of sp³-hybridized carbons (Fsp3) is 0.154. The zero-order valence-electron chi connectivity index (χ0n) is 18.5. The van der Waals surface area contributed by atoms with Crippen molar-refractivity contribution in [2.24, 2.45) is 0 Å². The van der Waals surface area contributed by atoms with E-state index in [1.165, 1.54) is 11.3 Å². The largest absolute Gasteiger partial charge is 0.457 e. The summed E-state index contributed by atoms with van der Waals surface area (Å²) in [6, 6.07) is 24.2. The second-order valence-electron chi connectivity index (χ2n) is 8.00. The minimum atomic E-state index is -0.335. The third kappa shape index (κ3) is 4.53. The Morgan fingerprint density at radius 1 is 1.00 bits per heavy atom. The maximum absolute atomic E-state index is 13.0. The average molecular weight is 471 g/mol. The van der Waals surface area contributed by atoms with Crippen LogP contribution in [0.3, 0.4) is 0 Å². The number of benzene rings is 3. The molecule has 1 fully saturated rings. The van der Waals surface area contributed by atoms with Crippen molar-refractivity contribution in [1.29, 1.82) is 0 Å². The molecule has 0 radical (unpaired) electrons. The van der Waals surface area contributed by atoms with Crippen LogP contribution in [0.4, 0.5) is 10.8 Å². The van der Waals surface area contributed by atoms with Crippen LogP contribution < -0.4 is 15.0 Å². The molecule has 1 unspecified atom stereocenters. The van der Waals surface area contributed by atoms with Crippen LogP contribution in [0, 0.1) is 6.92 Å². The molecule has 0 bridgehead atoms. The monoisotopic (exact) mass is 470 g/mol. The normalized spacial score (nSPS) is 15.4. The van der Waals surface area contributed by atoms with Gasteiger partial charge in [0.15, 0.2) is 0 Å². The van der Waals surface area contributed by atoms with Crippen LogP contribution in [-0.4, -0.2) is 28.6 Å². The lowest BCUT2D eigenvalue weighted by atomic mass is 10.1. The number of carbonyl (C=O) groups is 2. The van der Waals surface area contributed by atoms with Crippen molar-refractivity contribution in [3.63, 3.8) is 0 Å². The van der Waals surface area contributed by atoms with E-state index >= 15 is 0 Å². The van der Waals surface area contributed by atoms with Crippen LogP contribution in [0.1, 0.15) is 33.3 Å². The van der Waals surface area contributed by atoms with Crippen LogP contribution >= 0.6 is 11.3 Å². The summed E-state index contributed by atoms with van der Waals surface area (Å²) in [6.45, 7) is 2.54. The summed E-state index contributed by atoms with van der Waals surface area (Å²) >= 11 is 1.29. The molecule has 170 valence electrons. The molecule has 1 aliphatic heterocycles. The highest BCUT2D eigenvalue weighted by atomic mass is 32.1. The van der Waals surface area contributed by atoms with Crippen molar-refractivity contribution in [3.05, 3.63) is 95.0 Å². The fourth-order valence-corrected chi connectivity index (χ4v) is 4.78. The lowest BCUT2D eigenvalue weighted by Crippen LogP contribution is -2.25. The first-order chi connectivity index (χ1) is 16.6. The lowest BCUT2D eigenvalue weighted by molar-refractivity contribution is -0.117. The molecule has 2 amide bonds. The number of nitrogens with zero attached hydrogens (tertiary/aromatic N) is 3. The molecule has 1 aromatic heterocycles. The van der Waals surface area contributed by atoms with Gasteiger partial charge in [0.25, 0.3) is 5.91 Å². The first-order valence-corrected chi connectivity index (χ1v) is 11.7. The maximum atomic E-state index is 13.0. The summed E-state index contributed by atoms with van der Waals surface area (Å²) < 4.78 is 5.89. The first-order valence-electron chi connectivity index (χ1n) is 10.9. The summed E-state index contributed by atoms with van der Waals surface area (Å²) in [6.07, 6.45) is 0.366. The molecule has 2 heterocycles. The average Bonchev–Trinajstić information content (AvgIpc) is 3.47. The lowest BCUT2D eigenvalue weighted by Gasteiger charge is -2.18. The molecule has 0 saturated carbocycles. The second-order valence-corrected chi connectivity index (χ2v) is 9.01. The van der Waals surface area contributed by atoms with Gasteiger partial charge < -0.3 is 9.64 Å². The Labute approximate surface area is 201 Å². The van der Waals surface area contributed by atoms with Crippen LogP contribution in [0.5, 0.6) is 11.5 Å². The smallest absolute Gasteiger partial charge is 0.261 e. The Kier molecular flexibility index (Phi) is 6.05. The van der Waals surface area contributed by atoms with Crippen molar-refractivity contribution in [3.8, 4) is 11.5 Å². The SMILES string of the molecule is Cc1ccccc1N1CC(c2nnc(NC(=O)c3ccccc3Oc3ccccc3)s2)CC1=O. The van der Waals surface area contributed by atoms with Gasteiger partial charge in [-0.3, -0.25) is 14.9 Å². The van der Waals surface area contributed by atoms with E-state index in [-0.39, 0.29) is 17.7 Å². The number of carbonyl (C=O) groups excluding carboxylic acids is 2. The predicted molar refractivity (Wildman–Crippen MR) is 132 cm³/mol. The highest BCUT2D eigenvalue weighted by molar-refractivity contribution is 7.15. The molecule has 1 N–H and O–H groups in total. The number of hydrogen-bond acceptors (Lipinski definition) is 6. The second kappa shape index (κ2) is 9.44. The van der Waals surface area contributed by atoms with Gasteiger partial charge in [-0.05, 0) is 42.8 Å². The van der Waals surface area contributed by atoms with E-state index < -0.39 is 0 Å². The van der Waals surface area contributed by atoms with Crippen LogP contribution in [0.15, 0.2) is 78.9 Å². The number of anilines is 2. The van der Waals surface area contributed by atoms with Gasteiger partial charge in [0.05, 0.1) is 5.56 Å². The molecule has 1 atom stereocenters. The molecular weight excluding hydrogens is 448 g/mol. The van der Waals surface area contributed by atoms with Crippen molar-refractivity contribution >= 4 is 34.0 Å². The van der Waals surface area contributed by atoms with Crippen molar-refractivity contribution in [2.75, 3.05) is 16.8 Å². The first kappa shape index (κ1) is 21.8. The molecule has 8 heteroatoms. The minimum Gasteiger partial charge on any atom is -0.457 e. The number of para-hydroxylation sites is 3. The summed E-state index contributed by atoms with van der Waals surface area (Å²) in [5.41, 5.74) is 2.37. The van der Waals surface area contributed by atoms with E-state index in [1.54, 1.807) is 23.1 Å². The zero-order valence-corrected chi connectivity index (χ0v) is 19.3. The van der Waals surface area contributed by atoms with Crippen LogP contribution in [0.25, 0.3) is 0 Å². The number of nitrogens with one attached hydrogen (secondary N) is 1. The zero-order chi connectivity index (χ0) is 23.5. The van der Waals surface area contributed by atoms with Crippen LogP contribution in [0.2, 0.25) is 0 Å². The van der Waals surface area contributed by atoms with E-state index in [0.717, 1.165) is 16.3 Å². The topological polar surface area (TPSA) is 84.4 Å². The van der Waals surface area contributed by atoms with Gasteiger partial charge in [-0.15, -0.1) is 10.2 Å². The molecule has 7 nitrogen and oxygen atoms in total. The van der Waals surface area contributed by atoms with Gasteiger partial charge in [-0.2, -0.15) is 0 Å². The van der Waals surface area contributed by atoms with Gasteiger partial charge in [0.2, 0.25) is 11.0 Å². The molecule has 4 aromatic rings. The molecule has 0 aliphatic carbocycles. The number of amides is 2. The Morgan fingerprint density at radius 3 is 2.56 bits per heavy atom. The predicted octanol–water partition coefficient (Wildman–Crippen LogP) is 5.41. The fourth-order valence-electron chi connectivity index (χ4n) is 3.95. The third-order valence-electron chi connectivity index (χ3n) is 5.64. The standard InChI is InChI=1S/C26H22N4O3S/c1-17-9-5-7-13-21(17)30-16-18(15-23(30)31)25-28-29-26(34-25)27-24(32)20-12-6-8-14-22(20)33-19-10-3-2-4-11-19/h2-14,18H,15-16H2,1H3,(H,27,29,32). The molecule has 1 saturated heterocycles. The van der Waals surface area contributed by atoms with E-state index in [4.69, 9.17) is 4.74 Å². The van der Waals surface area contributed by atoms with E-state index in [2.05, 4.69) is 15.5 Å². The third-order valence-corrected chi connectivity index (χ3v) is 6.65. The summed E-state index contributed by atoms with van der Waals surface area (Å²) in [4.78, 5) is 27.4. The summed E-state index contributed by atoms with van der Waals surface area (Å²) in [5, 5.41) is 12.3. The van der Waals surface area contributed by atoms with Gasteiger partial charge in [0.1, 0.15) is 16.5 Å². The Balaban J connectivity index is 1.29. The molecule has 3 aromatic carbocycles. The summed E-state index contributed by atoms with van der Waals surface area (Å²) in [5.74, 6) is 0.755. The van der Waals surface area contributed by atoms with Crippen molar-refractivity contribution in [2.45, 2.75) is 19.3 Å². The van der Waals surface area contributed by atoms with Crippen molar-refractivity contribution < 1.29 is 14.3 Å². The molecule has 34 heavy (non-hydrogen) atoms. The molecule has 0 spiro atoms. The van der Waals surface area contributed by atoms with E-state index in [0.29, 0.717) is 35.2 Å². The Bertz CT molecular complexity index is 1340. The van der Waals surface area contributed by atoms with Gasteiger partial charge in [-0.1, -0.05) is 59.9 Å². The maximum Gasteiger partial charge on any atom is 0.261 e. The van der Waals surface area contributed by atoms with Gasteiger partial charge in [-0.25, -0.2) is 0 Å². The summed E-state index contributed by atoms with van der Waals surface area (Å²) in [7, 11) is 0. The number of aromatic nitrogens is 2. The van der Waals surface area contributed by atoms with Crippen LogP contribution in [-0.2, 0) is 4.79 Å². The minimum absolute atomic E-state index is 0.0621. The molecular formula is C26H22N4O3S. The number of ether oxygens (including phenoxy) is 1. The van der Waals surface area contributed by atoms with E-state index in [1.807, 2.05) is 67.6 Å². The number of rotatable bonds is 6. The number of aryl methyl sites for hydroxylation is 1. The Morgan fingerprint density at radius 2 is 1.74 bits per heavy atom. The van der Waals surface area contributed by atoms with Gasteiger partial charge >= 0.3 is 0 Å². The number of hydrogen-bond donors (Lipinski definition) is 1. The van der Waals surface area contributed by atoms with Crippen molar-refractivity contribution in [1.82, 2.24) is 10.2 Å². The molecule has 1 aliphatic rings.